The molecule has 4 fully saturated rings. The van der Waals surface area contributed by atoms with Crippen LogP contribution in [0.4, 0.5) is 0 Å². The zero-order valence-electron chi connectivity index (χ0n) is 22.8. The smallest absolute Gasteiger partial charge is 0.311 e. The van der Waals surface area contributed by atoms with Gasteiger partial charge < -0.3 is 5.11 Å². The SMILES string of the molecule is C[C@H]1[C@H](C)CC[C@]2(C)CC[C@]3(C)C(=CC(=O)[C@@H]4[C@@]5(C)CCC(N=O)C(C)(C(=O)O)C5CC[C@]43C)[C@H]12. The lowest BCUT2D eigenvalue weighted by atomic mass is 9.33. The van der Waals surface area contributed by atoms with Crippen molar-refractivity contribution in [1.82, 2.24) is 0 Å². The van der Waals surface area contributed by atoms with Crippen molar-refractivity contribution in [2.45, 2.75) is 106 Å². The number of allylic oxidation sites excluding steroid dienone is 2. The zero-order chi connectivity index (χ0) is 25.8. The van der Waals surface area contributed by atoms with Gasteiger partial charge in [0, 0.05) is 5.92 Å². The first kappa shape index (κ1) is 25.1. The van der Waals surface area contributed by atoms with Gasteiger partial charge in [0.25, 0.3) is 0 Å². The molecule has 5 rings (SSSR count). The molecule has 0 aromatic rings. The molecule has 0 heterocycles. The highest BCUT2D eigenvalue weighted by molar-refractivity contribution is 5.96. The van der Waals surface area contributed by atoms with E-state index in [1.54, 1.807) is 6.92 Å². The van der Waals surface area contributed by atoms with Crippen molar-refractivity contribution in [2.75, 3.05) is 0 Å². The molecule has 194 valence electrons. The van der Waals surface area contributed by atoms with Crippen LogP contribution < -0.4 is 0 Å². The molecule has 0 bridgehead atoms. The van der Waals surface area contributed by atoms with Gasteiger partial charge in [0.05, 0.1) is 5.41 Å². The molecule has 1 N–H and O–H groups in total. The molecule has 0 spiro atoms. The number of nitrogens with zero attached hydrogens (tertiary/aromatic N) is 1. The molecule has 0 aromatic heterocycles. The number of nitroso groups, excluding NO2 is 1. The first-order chi connectivity index (χ1) is 16.2. The molecule has 5 aliphatic rings. The number of aliphatic carboxylic acids is 1. The maximum absolute atomic E-state index is 14.3. The van der Waals surface area contributed by atoms with Crippen LogP contribution in [-0.4, -0.2) is 22.9 Å². The number of fused-ring (bicyclic) bond motifs is 7. The van der Waals surface area contributed by atoms with E-state index in [9.17, 15) is 19.6 Å². The van der Waals surface area contributed by atoms with Crippen LogP contribution in [0.1, 0.15) is 99.8 Å². The Labute approximate surface area is 210 Å². The highest BCUT2D eigenvalue weighted by Crippen LogP contribution is 2.75. The van der Waals surface area contributed by atoms with E-state index in [0.717, 1.165) is 19.3 Å². The third-order valence-corrected chi connectivity index (χ3v) is 13.4. The Morgan fingerprint density at radius 1 is 0.971 bits per heavy atom. The topological polar surface area (TPSA) is 83.8 Å². The van der Waals surface area contributed by atoms with Gasteiger partial charge >= 0.3 is 5.97 Å². The largest absolute Gasteiger partial charge is 0.481 e. The molecule has 5 aliphatic carbocycles. The summed E-state index contributed by atoms with van der Waals surface area (Å²) < 4.78 is 0. The van der Waals surface area contributed by atoms with Crippen molar-refractivity contribution in [3.63, 3.8) is 0 Å². The quantitative estimate of drug-likeness (QED) is 0.427. The average molecular weight is 484 g/mol. The predicted molar refractivity (Wildman–Crippen MR) is 137 cm³/mol. The lowest BCUT2D eigenvalue weighted by molar-refractivity contribution is -0.200. The fraction of sp³-hybridized carbons (Fsp3) is 0.867. The summed E-state index contributed by atoms with van der Waals surface area (Å²) in [5.74, 6) is 0.493. The number of rotatable bonds is 2. The van der Waals surface area contributed by atoms with E-state index >= 15 is 0 Å². The average Bonchev–Trinajstić information content (AvgIpc) is 2.78. The summed E-state index contributed by atoms with van der Waals surface area (Å²) in [6.07, 6.45) is 9.57. The van der Waals surface area contributed by atoms with Crippen LogP contribution in [0.15, 0.2) is 16.8 Å². The maximum atomic E-state index is 14.3. The Morgan fingerprint density at radius 3 is 2.29 bits per heavy atom. The summed E-state index contributed by atoms with van der Waals surface area (Å²) in [6.45, 7) is 15.9. The number of carbonyl (C=O) groups excluding carboxylic acids is 1. The molecule has 4 saturated carbocycles. The van der Waals surface area contributed by atoms with E-state index in [-0.39, 0.29) is 33.9 Å². The molecule has 0 aliphatic heterocycles. The number of hydrogen-bond donors (Lipinski definition) is 1. The summed E-state index contributed by atoms with van der Waals surface area (Å²) in [4.78, 5) is 38.6. The van der Waals surface area contributed by atoms with E-state index in [4.69, 9.17) is 0 Å². The molecule has 35 heavy (non-hydrogen) atoms. The highest BCUT2D eigenvalue weighted by Gasteiger charge is 2.72. The lowest BCUT2D eigenvalue weighted by Gasteiger charge is -2.70. The van der Waals surface area contributed by atoms with Crippen molar-refractivity contribution in [1.29, 1.82) is 0 Å². The van der Waals surface area contributed by atoms with Gasteiger partial charge in [-0.25, -0.2) is 0 Å². The summed E-state index contributed by atoms with van der Waals surface area (Å²) in [6, 6.07) is -0.734. The summed E-state index contributed by atoms with van der Waals surface area (Å²) in [5.41, 5.74) is -0.274. The van der Waals surface area contributed by atoms with E-state index in [1.807, 2.05) is 0 Å². The van der Waals surface area contributed by atoms with E-state index in [2.05, 4.69) is 52.8 Å². The van der Waals surface area contributed by atoms with Crippen LogP contribution >= 0.6 is 0 Å². The van der Waals surface area contributed by atoms with Gasteiger partial charge in [-0.05, 0) is 110 Å². The molecule has 0 aromatic carbocycles. The second-order valence-electron chi connectivity index (χ2n) is 14.5. The van der Waals surface area contributed by atoms with Gasteiger partial charge in [-0.3, -0.25) is 9.59 Å². The standard InChI is InChI=1S/C30H45NO4/c1-17-8-11-26(3)14-15-28(5)19(23(26)18(17)2)16-20(32)24-27(4)12-10-22(31-35)30(7,25(33)34)21(27)9-13-29(24,28)6/h16-18,21-24H,8-15H2,1-7H3,(H,33,34)/t17-,18+,21?,22?,23+,24-,26-,27+,28-,29-,30?/m1/s1. The van der Waals surface area contributed by atoms with Gasteiger partial charge in [-0.2, -0.15) is 4.91 Å². The van der Waals surface area contributed by atoms with E-state index < -0.39 is 22.8 Å². The fourth-order valence-corrected chi connectivity index (χ4v) is 10.8. The van der Waals surface area contributed by atoms with Gasteiger partial charge in [-0.1, -0.05) is 52.3 Å². The van der Waals surface area contributed by atoms with E-state index in [0.29, 0.717) is 30.6 Å². The van der Waals surface area contributed by atoms with Crippen molar-refractivity contribution in [2.24, 2.45) is 61.8 Å². The van der Waals surface area contributed by atoms with Gasteiger partial charge in [-0.15, -0.1) is 0 Å². The maximum Gasteiger partial charge on any atom is 0.311 e. The first-order valence-corrected chi connectivity index (χ1v) is 14.0. The van der Waals surface area contributed by atoms with Crippen molar-refractivity contribution >= 4 is 11.8 Å². The molecule has 11 atom stereocenters. The normalized spacial score (nSPS) is 55.5. The highest BCUT2D eigenvalue weighted by atomic mass is 16.4. The van der Waals surface area contributed by atoms with E-state index in [1.165, 1.54) is 24.8 Å². The number of hydrogen-bond acceptors (Lipinski definition) is 4. The second-order valence-corrected chi connectivity index (χ2v) is 14.5. The van der Waals surface area contributed by atoms with Crippen LogP contribution in [0.2, 0.25) is 0 Å². The van der Waals surface area contributed by atoms with Gasteiger partial charge in [0.15, 0.2) is 5.78 Å². The van der Waals surface area contributed by atoms with Crippen LogP contribution in [0.3, 0.4) is 0 Å². The van der Waals surface area contributed by atoms with Crippen molar-refractivity contribution in [3.8, 4) is 0 Å². The minimum atomic E-state index is -1.22. The van der Waals surface area contributed by atoms with Crippen LogP contribution in [0.25, 0.3) is 0 Å². The molecular weight excluding hydrogens is 438 g/mol. The second kappa shape index (κ2) is 7.51. The van der Waals surface area contributed by atoms with Gasteiger partial charge in [0.2, 0.25) is 0 Å². The summed E-state index contributed by atoms with van der Waals surface area (Å²) >= 11 is 0. The number of ketones is 1. The predicted octanol–water partition coefficient (Wildman–Crippen LogP) is 7.04. The molecule has 5 nitrogen and oxygen atoms in total. The van der Waals surface area contributed by atoms with Crippen LogP contribution in [-0.2, 0) is 9.59 Å². The summed E-state index contributed by atoms with van der Waals surface area (Å²) in [5, 5.41) is 13.6. The minimum Gasteiger partial charge on any atom is -0.481 e. The van der Waals surface area contributed by atoms with Crippen molar-refractivity contribution < 1.29 is 14.7 Å². The molecule has 0 amide bonds. The Kier molecular flexibility index (Phi) is 5.39. The number of carboxylic acid groups (broad SMARTS) is 1. The molecule has 3 unspecified atom stereocenters. The third-order valence-electron chi connectivity index (χ3n) is 13.4. The molecule has 0 saturated heterocycles. The third kappa shape index (κ3) is 2.87. The van der Waals surface area contributed by atoms with Crippen LogP contribution in [0, 0.1) is 61.6 Å². The Bertz CT molecular complexity index is 1000. The Morgan fingerprint density at radius 2 is 1.66 bits per heavy atom. The lowest BCUT2D eigenvalue weighted by Crippen LogP contribution is -2.68. The number of carbonyl (C=O) groups is 2. The van der Waals surface area contributed by atoms with Gasteiger partial charge in [0.1, 0.15) is 6.04 Å². The Hall–Kier alpha value is -1.52. The zero-order valence-corrected chi connectivity index (χ0v) is 22.8. The Balaban J connectivity index is 1.65. The van der Waals surface area contributed by atoms with Crippen molar-refractivity contribution in [3.05, 3.63) is 16.6 Å². The first-order valence-electron chi connectivity index (χ1n) is 14.0. The minimum absolute atomic E-state index is 0.0611. The van der Waals surface area contributed by atoms with Crippen LogP contribution in [0.5, 0.6) is 0 Å². The fourth-order valence-electron chi connectivity index (χ4n) is 10.8. The molecule has 0 radical (unpaired) electrons. The monoisotopic (exact) mass is 483 g/mol. The summed E-state index contributed by atoms with van der Waals surface area (Å²) in [7, 11) is 0. The molecule has 5 heteroatoms. The molecular formula is C30H45NO4. The number of carboxylic acids is 1.